The van der Waals surface area contributed by atoms with Gasteiger partial charge in [-0.2, -0.15) is 31.6 Å². The van der Waals surface area contributed by atoms with Gasteiger partial charge in [0.25, 0.3) is 0 Å². The van der Waals surface area contributed by atoms with Gasteiger partial charge in [0, 0.05) is 6.42 Å². The van der Waals surface area contributed by atoms with Crippen molar-refractivity contribution in [2.24, 2.45) is 0 Å². The second-order valence-corrected chi connectivity index (χ2v) is 5.25. The summed E-state index contributed by atoms with van der Waals surface area (Å²) >= 11 is 0. The van der Waals surface area contributed by atoms with Crippen LogP contribution in [0.1, 0.15) is 29.5 Å². The summed E-state index contributed by atoms with van der Waals surface area (Å²) in [5, 5.41) is 19.3. The number of nitriles is 1. The molecule has 1 amide bonds. The molecule has 0 aliphatic rings. The number of aliphatic carboxylic acids is 1. The summed E-state index contributed by atoms with van der Waals surface area (Å²) in [5.41, 5.74) is -3.72. The second-order valence-electron chi connectivity index (χ2n) is 5.25. The number of alkyl halides is 6. The van der Waals surface area contributed by atoms with E-state index in [1.54, 1.807) is 6.07 Å². The maximum atomic E-state index is 12.8. The van der Waals surface area contributed by atoms with Crippen LogP contribution in [-0.2, 0) is 28.4 Å². The van der Waals surface area contributed by atoms with Gasteiger partial charge in [-0.1, -0.05) is 0 Å². The minimum absolute atomic E-state index is 0.0750. The van der Waals surface area contributed by atoms with Crippen molar-refractivity contribution in [3.05, 3.63) is 34.9 Å². The molecule has 26 heavy (non-hydrogen) atoms. The third-order valence-corrected chi connectivity index (χ3v) is 3.19. The molecule has 11 heteroatoms. The lowest BCUT2D eigenvalue weighted by atomic mass is 10.0. The van der Waals surface area contributed by atoms with E-state index in [0.717, 1.165) is 0 Å². The molecule has 2 N–H and O–H groups in total. The third-order valence-electron chi connectivity index (χ3n) is 3.19. The van der Waals surface area contributed by atoms with Gasteiger partial charge in [-0.15, -0.1) is 0 Å². The molecule has 0 radical (unpaired) electrons. The van der Waals surface area contributed by atoms with Crippen LogP contribution < -0.4 is 5.32 Å². The van der Waals surface area contributed by atoms with Crippen LogP contribution in [-0.4, -0.2) is 23.0 Å². The smallest absolute Gasteiger partial charge is 0.416 e. The van der Waals surface area contributed by atoms with Crippen molar-refractivity contribution in [1.29, 1.82) is 5.26 Å². The van der Waals surface area contributed by atoms with E-state index in [9.17, 15) is 35.9 Å². The van der Waals surface area contributed by atoms with E-state index in [2.05, 4.69) is 0 Å². The van der Waals surface area contributed by atoms with Crippen LogP contribution in [0.4, 0.5) is 26.3 Å². The summed E-state index contributed by atoms with van der Waals surface area (Å²) in [4.78, 5) is 22.7. The van der Waals surface area contributed by atoms with Crippen molar-refractivity contribution in [3.8, 4) is 6.07 Å². The molecule has 0 heterocycles. The SMILES string of the molecule is N#CCC[C@@H](NC(=O)Cc1cc(C(F)(F)F)cc(C(F)(F)F)c1)C(=O)O. The fourth-order valence-corrected chi connectivity index (χ4v) is 2.02. The molecule has 0 saturated carbocycles. The minimum atomic E-state index is -5.05. The number of rotatable bonds is 6. The summed E-state index contributed by atoms with van der Waals surface area (Å²) in [7, 11) is 0. The molecule has 0 saturated heterocycles. The average molecular weight is 382 g/mol. The summed E-state index contributed by atoms with van der Waals surface area (Å²) in [5.74, 6) is -2.56. The zero-order valence-corrected chi connectivity index (χ0v) is 12.9. The van der Waals surface area contributed by atoms with Crippen LogP contribution in [0, 0.1) is 11.3 Å². The lowest BCUT2D eigenvalue weighted by Crippen LogP contribution is -2.41. The number of halogens is 6. The monoisotopic (exact) mass is 382 g/mol. The Morgan fingerprint density at radius 3 is 1.96 bits per heavy atom. The van der Waals surface area contributed by atoms with E-state index in [1.807, 2.05) is 5.32 Å². The first-order chi connectivity index (χ1) is 11.8. The Hall–Kier alpha value is -2.77. The molecule has 1 aromatic carbocycles. The normalized spacial score (nSPS) is 13.0. The molecule has 1 rings (SSSR count). The zero-order chi connectivity index (χ0) is 20.1. The van der Waals surface area contributed by atoms with Gasteiger partial charge in [0.1, 0.15) is 6.04 Å². The fourth-order valence-electron chi connectivity index (χ4n) is 2.02. The number of nitrogens with zero attached hydrogens (tertiary/aromatic N) is 1. The van der Waals surface area contributed by atoms with E-state index >= 15 is 0 Å². The number of amides is 1. The first kappa shape index (κ1) is 21.3. The average Bonchev–Trinajstić information content (AvgIpc) is 2.49. The number of nitrogens with one attached hydrogen (secondary N) is 1. The van der Waals surface area contributed by atoms with Crippen LogP contribution in [0.25, 0.3) is 0 Å². The lowest BCUT2D eigenvalue weighted by molar-refractivity contribution is -0.143. The molecule has 1 aromatic rings. The molecular formula is C15H12F6N2O3. The fraction of sp³-hybridized carbons (Fsp3) is 0.400. The maximum Gasteiger partial charge on any atom is 0.416 e. The molecule has 0 fully saturated rings. The van der Waals surface area contributed by atoms with Crippen molar-refractivity contribution in [2.45, 2.75) is 37.7 Å². The summed E-state index contributed by atoms with van der Waals surface area (Å²) in [6.07, 6.45) is -11.5. The van der Waals surface area contributed by atoms with E-state index in [-0.39, 0.29) is 18.9 Å². The molecule has 0 aliphatic heterocycles. The van der Waals surface area contributed by atoms with Crippen LogP contribution in [0.3, 0.4) is 0 Å². The highest BCUT2D eigenvalue weighted by Crippen LogP contribution is 2.36. The van der Waals surface area contributed by atoms with E-state index < -0.39 is 53.4 Å². The second kappa shape index (κ2) is 8.07. The molecule has 0 spiro atoms. The van der Waals surface area contributed by atoms with Gasteiger partial charge >= 0.3 is 18.3 Å². The quantitative estimate of drug-likeness (QED) is 0.740. The standard InChI is InChI=1S/C15H12F6N2O3/c16-14(17,18)9-4-8(5-10(7-9)15(19,20)21)6-12(24)23-11(13(25)26)2-1-3-22/h4-5,7,11H,1-2,6H2,(H,23,24)(H,25,26)/t11-/m1/s1. The van der Waals surface area contributed by atoms with Crippen molar-refractivity contribution in [3.63, 3.8) is 0 Å². The van der Waals surface area contributed by atoms with Crippen LogP contribution in [0.5, 0.6) is 0 Å². The number of benzene rings is 1. The van der Waals surface area contributed by atoms with Crippen molar-refractivity contribution in [2.75, 3.05) is 0 Å². The third kappa shape index (κ3) is 6.27. The Morgan fingerprint density at radius 1 is 1.08 bits per heavy atom. The highest BCUT2D eigenvalue weighted by molar-refractivity contribution is 5.84. The maximum absolute atomic E-state index is 12.8. The molecule has 1 atom stereocenters. The molecule has 142 valence electrons. The minimum Gasteiger partial charge on any atom is -0.480 e. The Balaban J connectivity index is 3.06. The first-order valence-corrected chi connectivity index (χ1v) is 7.02. The molecule has 5 nitrogen and oxygen atoms in total. The largest absolute Gasteiger partial charge is 0.480 e. The van der Waals surface area contributed by atoms with Gasteiger partial charge in [-0.3, -0.25) is 4.79 Å². The number of carbonyl (C=O) groups excluding carboxylic acids is 1. The van der Waals surface area contributed by atoms with Gasteiger partial charge in [0.15, 0.2) is 0 Å². The highest BCUT2D eigenvalue weighted by Gasteiger charge is 2.37. The van der Waals surface area contributed by atoms with Crippen LogP contribution in [0.15, 0.2) is 18.2 Å². The lowest BCUT2D eigenvalue weighted by Gasteiger charge is -2.16. The van der Waals surface area contributed by atoms with E-state index in [0.29, 0.717) is 12.1 Å². The number of carboxylic acids is 1. The topological polar surface area (TPSA) is 90.2 Å². The van der Waals surface area contributed by atoms with Crippen LogP contribution >= 0.6 is 0 Å². The predicted octanol–water partition coefficient (Wildman–Crippen LogP) is 3.14. The van der Waals surface area contributed by atoms with Crippen molar-refractivity contribution < 1.29 is 41.0 Å². The number of carboxylic acid groups (broad SMARTS) is 1. The van der Waals surface area contributed by atoms with E-state index in [1.165, 1.54) is 0 Å². The Kier molecular flexibility index (Phi) is 6.60. The Bertz CT molecular complexity index is 689. The molecular weight excluding hydrogens is 370 g/mol. The number of hydrogen-bond donors (Lipinski definition) is 2. The van der Waals surface area contributed by atoms with Gasteiger partial charge < -0.3 is 10.4 Å². The zero-order valence-electron chi connectivity index (χ0n) is 12.9. The van der Waals surface area contributed by atoms with Gasteiger partial charge in [-0.05, 0) is 30.2 Å². The Morgan fingerprint density at radius 2 is 1.58 bits per heavy atom. The molecule has 0 aliphatic carbocycles. The predicted molar refractivity (Wildman–Crippen MR) is 74.6 cm³/mol. The van der Waals surface area contributed by atoms with Gasteiger partial charge in [0.2, 0.25) is 5.91 Å². The summed E-state index contributed by atoms with van der Waals surface area (Å²) < 4.78 is 76.5. The Labute approximate surface area is 143 Å². The van der Waals surface area contributed by atoms with Crippen molar-refractivity contribution in [1.82, 2.24) is 5.32 Å². The van der Waals surface area contributed by atoms with Gasteiger partial charge in [0.05, 0.1) is 23.6 Å². The molecule has 0 bridgehead atoms. The summed E-state index contributed by atoms with van der Waals surface area (Å²) in [6.45, 7) is 0. The van der Waals surface area contributed by atoms with E-state index in [4.69, 9.17) is 10.4 Å². The van der Waals surface area contributed by atoms with Crippen LogP contribution in [0.2, 0.25) is 0 Å². The number of carbonyl (C=O) groups is 2. The van der Waals surface area contributed by atoms with Gasteiger partial charge in [-0.25, -0.2) is 4.79 Å². The highest BCUT2D eigenvalue weighted by atomic mass is 19.4. The number of hydrogen-bond acceptors (Lipinski definition) is 3. The first-order valence-electron chi connectivity index (χ1n) is 7.02. The molecule has 0 aromatic heterocycles. The molecule has 0 unspecified atom stereocenters. The summed E-state index contributed by atoms with van der Waals surface area (Å²) in [6, 6.07) is 0.885. The van der Waals surface area contributed by atoms with Crippen molar-refractivity contribution >= 4 is 11.9 Å².